The average molecular weight is 175 g/mol. The molecule has 1 rings (SSSR count). The highest BCUT2D eigenvalue weighted by Gasteiger charge is 2.06. The van der Waals surface area contributed by atoms with E-state index >= 15 is 0 Å². The van der Waals surface area contributed by atoms with Gasteiger partial charge in [0, 0.05) is 5.33 Å². The Morgan fingerprint density at radius 2 is 2.50 bits per heavy atom. The van der Waals surface area contributed by atoms with E-state index in [2.05, 4.69) is 28.1 Å². The Morgan fingerprint density at radius 3 is 3.00 bits per heavy atom. The highest BCUT2D eigenvalue weighted by molar-refractivity contribution is 9.09. The number of alkyl halides is 1. The van der Waals surface area contributed by atoms with Gasteiger partial charge in [-0.05, 0) is 25.2 Å². The second-order valence-electron chi connectivity index (χ2n) is 2.24. The lowest BCUT2D eigenvalue weighted by Gasteiger charge is -2.00. The molecule has 8 heavy (non-hydrogen) atoms. The Morgan fingerprint density at radius 1 is 1.62 bits per heavy atom. The number of rotatable bonds is 2. The summed E-state index contributed by atoms with van der Waals surface area (Å²) in [6.07, 6.45) is 8.62. The minimum Gasteiger partial charge on any atom is -0.0928 e. The molecule has 46 valence electrons. The van der Waals surface area contributed by atoms with Crippen molar-refractivity contribution in [2.45, 2.75) is 19.3 Å². The highest BCUT2D eigenvalue weighted by atomic mass is 79.9. The van der Waals surface area contributed by atoms with E-state index in [1.54, 1.807) is 0 Å². The van der Waals surface area contributed by atoms with Crippen molar-refractivity contribution in [2.24, 2.45) is 5.92 Å². The van der Waals surface area contributed by atoms with E-state index in [1.165, 1.54) is 19.3 Å². The molecule has 0 saturated heterocycles. The lowest BCUT2D eigenvalue weighted by molar-refractivity contribution is 0.619. The van der Waals surface area contributed by atoms with Gasteiger partial charge in [0.05, 0.1) is 0 Å². The van der Waals surface area contributed by atoms with E-state index in [-0.39, 0.29) is 0 Å². The van der Waals surface area contributed by atoms with Crippen LogP contribution in [0.2, 0.25) is 0 Å². The quantitative estimate of drug-likeness (QED) is 0.447. The third kappa shape index (κ3) is 1.62. The third-order valence-corrected chi connectivity index (χ3v) is 2.05. The Hall–Kier alpha value is 0.220. The maximum atomic E-state index is 3.43. The van der Waals surface area contributed by atoms with Gasteiger partial charge in [0.25, 0.3) is 0 Å². The number of allylic oxidation sites excluding steroid dienone is 2. The molecule has 1 heteroatoms. The molecule has 0 aromatic rings. The first-order valence-electron chi connectivity index (χ1n) is 3.16. The topological polar surface area (TPSA) is 0 Å². The van der Waals surface area contributed by atoms with Crippen molar-refractivity contribution in [2.75, 3.05) is 5.33 Å². The fourth-order valence-electron chi connectivity index (χ4n) is 1.08. The van der Waals surface area contributed by atoms with Crippen molar-refractivity contribution in [1.82, 2.24) is 0 Å². The zero-order valence-corrected chi connectivity index (χ0v) is 6.52. The molecule has 1 atom stereocenters. The van der Waals surface area contributed by atoms with Gasteiger partial charge in [-0.3, -0.25) is 0 Å². The van der Waals surface area contributed by atoms with Crippen molar-refractivity contribution in [1.29, 1.82) is 0 Å². The zero-order valence-electron chi connectivity index (χ0n) is 4.94. The van der Waals surface area contributed by atoms with Crippen LogP contribution < -0.4 is 0 Å². The van der Waals surface area contributed by atoms with Crippen molar-refractivity contribution >= 4 is 15.9 Å². The molecular weight excluding hydrogens is 164 g/mol. The van der Waals surface area contributed by atoms with Crippen molar-refractivity contribution < 1.29 is 0 Å². The number of hydrogen-bond donors (Lipinski definition) is 0. The van der Waals surface area contributed by atoms with Crippen LogP contribution in [0, 0.1) is 5.92 Å². The first-order valence-corrected chi connectivity index (χ1v) is 4.28. The summed E-state index contributed by atoms with van der Waals surface area (Å²) in [6, 6.07) is 0. The molecule has 0 amide bonds. The van der Waals surface area contributed by atoms with Crippen molar-refractivity contribution in [3.63, 3.8) is 0 Å². The summed E-state index contributed by atoms with van der Waals surface area (Å²) in [4.78, 5) is 0. The van der Waals surface area contributed by atoms with Crippen LogP contribution in [0.1, 0.15) is 19.3 Å². The standard InChI is InChI=1S/C7H11Br/c8-6-5-7-3-1-2-4-7/h1,3,7H,2,4-6H2/t7-/m1/s1. The lowest BCUT2D eigenvalue weighted by Crippen LogP contribution is -1.90. The van der Waals surface area contributed by atoms with Crippen LogP contribution in [0.4, 0.5) is 0 Å². The van der Waals surface area contributed by atoms with Gasteiger partial charge in [0.1, 0.15) is 0 Å². The smallest absolute Gasteiger partial charge is 0.00369 e. The summed E-state index contributed by atoms with van der Waals surface area (Å²) in [7, 11) is 0. The van der Waals surface area contributed by atoms with Gasteiger partial charge >= 0.3 is 0 Å². The molecule has 0 saturated carbocycles. The monoisotopic (exact) mass is 174 g/mol. The first kappa shape index (κ1) is 6.34. The molecular formula is C7H11Br. The van der Waals surface area contributed by atoms with Crippen LogP contribution in [-0.4, -0.2) is 5.33 Å². The van der Waals surface area contributed by atoms with Gasteiger partial charge in [-0.1, -0.05) is 28.1 Å². The summed E-state index contributed by atoms with van der Waals surface area (Å²) >= 11 is 3.43. The molecule has 1 aliphatic rings. The van der Waals surface area contributed by atoms with Crippen LogP contribution in [0.25, 0.3) is 0 Å². The Kier molecular flexibility index (Phi) is 2.60. The molecule has 0 aromatic heterocycles. The third-order valence-electron chi connectivity index (χ3n) is 1.59. The second-order valence-corrected chi connectivity index (χ2v) is 3.04. The molecule has 0 aliphatic heterocycles. The Balaban J connectivity index is 2.16. The predicted octanol–water partition coefficient (Wildman–Crippen LogP) is 2.74. The SMILES string of the molecule is BrCC[C@@H]1C=CCC1. The number of hydrogen-bond acceptors (Lipinski definition) is 0. The molecule has 0 aromatic carbocycles. The van der Waals surface area contributed by atoms with E-state index in [9.17, 15) is 0 Å². The van der Waals surface area contributed by atoms with E-state index in [1.807, 2.05) is 0 Å². The molecule has 0 unspecified atom stereocenters. The highest BCUT2D eigenvalue weighted by Crippen LogP contribution is 2.20. The Labute approximate surface area is 59.1 Å². The molecule has 0 fully saturated rings. The van der Waals surface area contributed by atoms with Gasteiger partial charge in [-0.25, -0.2) is 0 Å². The van der Waals surface area contributed by atoms with Crippen molar-refractivity contribution in [3.8, 4) is 0 Å². The van der Waals surface area contributed by atoms with E-state index in [4.69, 9.17) is 0 Å². The lowest BCUT2D eigenvalue weighted by atomic mass is 10.1. The van der Waals surface area contributed by atoms with Gasteiger partial charge in [0.15, 0.2) is 0 Å². The molecule has 0 radical (unpaired) electrons. The van der Waals surface area contributed by atoms with E-state index in [0.717, 1.165) is 11.2 Å². The summed E-state index contributed by atoms with van der Waals surface area (Å²) in [6.45, 7) is 0. The fourth-order valence-corrected chi connectivity index (χ4v) is 1.66. The predicted molar refractivity (Wildman–Crippen MR) is 40.3 cm³/mol. The average Bonchev–Trinajstić information content (AvgIpc) is 2.19. The van der Waals surface area contributed by atoms with E-state index < -0.39 is 0 Å². The van der Waals surface area contributed by atoms with Crippen LogP contribution in [0.15, 0.2) is 12.2 Å². The van der Waals surface area contributed by atoms with Gasteiger partial charge in [-0.15, -0.1) is 0 Å². The summed E-state index contributed by atoms with van der Waals surface area (Å²) in [5.41, 5.74) is 0. The largest absolute Gasteiger partial charge is 0.0928 e. The minimum atomic E-state index is 0.884. The Bertz CT molecular complexity index is 86.4. The maximum Gasteiger partial charge on any atom is 0.00369 e. The second kappa shape index (κ2) is 3.29. The molecule has 0 spiro atoms. The summed E-state index contributed by atoms with van der Waals surface area (Å²) in [5, 5.41) is 1.15. The summed E-state index contributed by atoms with van der Waals surface area (Å²) < 4.78 is 0. The van der Waals surface area contributed by atoms with Gasteiger partial charge in [0.2, 0.25) is 0 Å². The van der Waals surface area contributed by atoms with Crippen LogP contribution in [-0.2, 0) is 0 Å². The number of halogens is 1. The van der Waals surface area contributed by atoms with Crippen LogP contribution >= 0.6 is 15.9 Å². The van der Waals surface area contributed by atoms with Gasteiger partial charge < -0.3 is 0 Å². The van der Waals surface area contributed by atoms with Crippen LogP contribution in [0.5, 0.6) is 0 Å². The molecule has 1 aliphatic carbocycles. The molecule has 0 bridgehead atoms. The van der Waals surface area contributed by atoms with Gasteiger partial charge in [-0.2, -0.15) is 0 Å². The first-order chi connectivity index (χ1) is 3.93. The summed E-state index contributed by atoms with van der Waals surface area (Å²) in [5.74, 6) is 0.884. The zero-order chi connectivity index (χ0) is 5.82. The van der Waals surface area contributed by atoms with E-state index in [0.29, 0.717) is 0 Å². The molecule has 0 nitrogen and oxygen atoms in total. The normalized spacial score (nSPS) is 26.9. The molecule has 0 N–H and O–H groups in total. The molecule has 0 heterocycles. The van der Waals surface area contributed by atoms with Crippen LogP contribution in [0.3, 0.4) is 0 Å². The minimum absolute atomic E-state index is 0.884. The maximum absolute atomic E-state index is 3.43. The van der Waals surface area contributed by atoms with Crippen molar-refractivity contribution in [3.05, 3.63) is 12.2 Å². The fraction of sp³-hybridized carbons (Fsp3) is 0.714.